The fourth-order valence-corrected chi connectivity index (χ4v) is 3.87. The first-order valence-electron chi connectivity index (χ1n) is 7.67. The number of fused-ring (bicyclic) bond motifs is 2. The molecule has 0 amide bonds. The van der Waals surface area contributed by atoms with Crippen molar-refractivity contribution in [1.29, 1.82) is 0 Å². The van der Waals surface area contributed by atoms with Gasteiger partial charge in [-0.2, -0.15) is 0 Å². The van der Waals surface area contributed by atoms with Crippen LogP contribution in [-0.2, 0) is 4.79 Å². The fraction of sp³-hybridized carbons (Fsp3) is 0.933. The van der Waals surface area contributed by atoms with E-state index >= 15 is 0 Å². The second kappa shape index (κ2) is 5.80. The monoisotopic (exact) mass is 269 g/mol. The summed E-state index contributed by atoms with van der Waals surface area (Å²) in [5, 5.41) is 19.5. The maximum Gasteiger partial charge on any atom is 0.303 e. The lowest BCUT2D eigenvalue weighted by molar-refractivity contribution is -0.138. The molecule has 2 fully saturated rings. The summed E-state index contributed by atoms with van der Waals surface area (Å²) in [5.41, 5.74) is -0.569. The summed E-state index contributed by atoms with van der Waals surface area (Å²) >= 11 is 0. The molecule has 2 aliphatic rings. The average molecular weight is 269 g/mol. The SMILES string of the molecule is CCC(O)(CC)CN1C2CCC1CC(CC(=O)O)C2. The van der Waals surface area contributed by atoms with E-state index in [9.17, 15) is 9.90 Å². The predicted octanol–water partition coefficient (Wildman–Crippen LogP) is 2.26. The van der Waals surface area contributed by atoms with Crippen LogP contribution in [0.2, 0.25) is 0 Å². The van der Waals surface area contributed by atoms with Gasteiger partial charge in [0.1, 0.15) is 0 Å². The van der Waals surface area contributed by atoms with E-state index in [2.05, 4.69) is 4.90 Å². The molecule has 0 radical (unpaired) electrons. The lowest BCUT2D eigenvalue weighted by Crippen LogP contribution is -2.51. The minimum atomic E-state index is -0.670. The highest BCUT2D eigenvalue weighted by Gasteiger charge is 2.43. The first-order valence-corrected chi connectivity index (χ1v) is 7.67. The molecule has 0 saturated carbocycles. The topological polar surface area (TPSA) is 60.8 Å². The highest BCUT2D eigenvalue weighted by atomic mass is 16.4. The molecule has 2 rings (SSSR count). The molecule has 110 valence electrons. The van der Waals surface area contributed by atoms with Crippen molar-refractivity contribution in [2.24, 2.45) is 5.92 Å². The Labute approximate surface area is 115 Å². The fourth-order valence-electron chi connectivity index (χ4n) is 3.87. The molecule has 2 N–H and O–H groups in total. The van der Waals surface area contributed by atoms with Crippen molar-refractivity contribution in [1.82, 2.24) is 4.90 Å². The quantitative estimate of drug-likeness (QED) is 0.776. The van der Waals surface area contributed by atoms with E-state index < -0.39 is 11.6 Å². The highest BCUT2D eigenvalue weighted by Crippen LogP contribution is 2.41. The zero-order valence-corrected chi connectivity index (χ0v) is 12.1. The summed E-state index contributed by atoms with van der Waals surface area (Å²) in [6.45, 7) is 4.85. The number of piperidine rings is 1. The van der Waals surface area contributed by atoms with Crippen molar-refractivity contribution < 1.29 is 15.0 Å². The molecule has 2 heterocycles. The lowest BCUT2D eigenvalue weighted by atomic mass is 9.86. The van der Waals surface area contributed by atoms with Crippen LogP contribution in [-0.4, -0.2) is 45.3 Å². The third kappa shape index (κ3) is 3.29. The number of nitrogens with zero attached hydrogens (tertiary/aromatic N) is 1. The Morgan fingerprint density at radius 2 is 1.74 bits per heavy atom. The third-order valence-electron chi connectivity index (χ3n) is 5.24. The van der Waals surface area contributed by atoms with Crippen molar-refractivity contribution >= 4 is 5.97 Å². The van der Waals surface area contributed by atoms with E-state index in [1.807, 2.05) is 13.8 Å². The number of carbonyl (C=O) groups is 1. The molecule has 2 aliphatic heterocycles. The van der Waals surface area contributed by atoms with Crippen molar-refractivity contribution in [3.63, 3.8) is 0 Å². The summed E-state index contributed by atoms with van der Waals surface area (Å²) in [6, 6.07) is 0.987. The predicted molar refractivity (Wildman–Crippen MR) is 74.0 cm³/mol. The molecule has 2 saturated heterocycles. The Balaban J connectivity index is 1.97. The Kier molecular flexibility index (Phi) is 4.51. The number of carboxylic acids is 1. The van der Waals surface area contributed by atoms with Gasteiger partial charge in [0.25, 0.3) is 0 Å². The molecule has 2 bridgehead atoms. The van der Waals surface area contributed by atoms with E-state index in [0.717, 1.165) is 32.2 Å². The summed E-state index contributed by atoms with van der Waals surface area (Å²) in [4.78, 5) is 13.3. The van der Waals surface area contributed by atoms with Gasteiger partial charge in [-0.05, 0) is 44.4 Å². The van der Waals surface area contributed by atoms with Crippen molar-refractivity contribution in [2.75, 3.05) is 6.54 Å². The van der Waals surface area contributed by atoms with Gasteiger partial charge in [0, 0.05) is 25.0 Å². The van der Waals surface area contributed by atoms with E-state index in [1.165, 1.54) is 12.8 Å². The molecule has 0 aromatic carbocycles. The molecule has 19 heavy (non-hydrogen) atoms. The van der Waals surface area contributed by atoms with Gasteiger partial charge < -0.3 is 10.2 Å². The molecule has 2 unspecified atom stereocenters. The van der Waals surface area contributed by atoms with Crippen LogP contribution in [0, 0.1) is 5.92 Å². The smallest absolute Gasteiger partial charge is 0.303 e. The van der Waals surface area contributed by atoms with Crippen LogP contribution in [0.5, 0.6) is 0 Å². The van der Waals surface area contributed by atoms with E-state index in [0.29, 0.717) is 24.4 Å². The first-order chi connectivity index (χ1) is 8.97. The molecular weight excluding hydrogens is 242 g/mol. The second-order valence-corrected chi connectivity index (χ2v) is 6.42. The number of hydrogen-bond donors (Lipinski definition) is 2. The van der Waals surface area contributed by atoms with Gasteiger partial charge in [0.2, 0.25) is 0 Å². The number of hydrogen-bond acceptors (Lipinski definition) is 3. The molecule has 4 heteroatoms. The summed E-state index contributed by atoms with van der Waals surface area (Å²) < 4.78 is 0. The largest absolute Gasteiger partial charge is 0.481 e. The van der Waals surface area contributed by atoms with Crippen molar-refractivity contribution in [2.45, 2.75) is 76.5 Å². The Hall–Kier alpha value is -0.610. The van der Waals surface area contributed by atoms with Gasteiger partial charge in [-0.1, -0.05) is 13.8 Å². The second-order valence-electron chi connectivity index (χ2n) is 6.42. The van der Waals surface area contributed by atoms with Gasteiger partial charge in [-0.15, -0.1) is 0 Å². The van der Waals surface area contributed by atoms with Gasteiger partial charge in [-0.25, -0.2) is 0 Å². The van der Waals surface area contributed by atoms with E-state index in [4.69, 9.17) is 5.11 Å². The lowest BCUT2D eigenvalue weighted by Gasteiger charge is -2.42. The van der Waals surface area contributed by atoms with Gasteiger partial charge in [-0.3, -0.25) is 9.69 Å². The van der Waals surface area contributed by atoms with Gasteiger partial charge in [0.15, 0.2) is 0 Å². The van der Waals surface area contributed by atoms with Crippen LogP contribution in [0.15, 0.2) is 0 Å². The minimum absolute atomic E-state index is 0.312. The molecule has 0 aliphatic carbocycles. The maximum absolute atomic E-state index is 10.9. The van der Waals surface area contributed by atoms with E-state index in [-0.39, 0.29) is 0 Å². The molecule has 4 nitrogen and oxygen atoms in total. The number of carboxylic acid groups (broad SMARTS) is 1. The summed E-state index contributed by atoms with van der Waals surface area (Å²) in [6.07, 6.45) is 6.22. The molecule has 0 spiro atoms. The number of rotatable bonds is 6. The summed E-state index contributed by atoms with van der Waals surface area (Å²) in [5.74, 6) is -0.334. The normalized spacial score (nSPS) is 31.6. The zero-order chi connectivity index (χ0) is 14.0. The standard InChI is InChI=1S/C15H27NO3/c1-3-15(19,4-2)10-16-12-5-6-13(16)8-11(7-12)9-14(17)18/h11-13,19H,3-10H2,1-2H3,(H,17,18). The summed E-state index contributed by atoms with van der Waals surface area (Å²) in [7, 11) is 0. The Morgan fingerprint density at radius 3 is 2.16 bits per heavy atom. The number of aliphatic carboxylic acids is 1. The third-order valence-corrected chi connectivity index (χ3v) is 5.24. The van der Waals surface area contributed by atoms with Crippen molar-refractivity contribution in [3.8, 4) is 0 Å². The highest BCUT2D eigenvalue weighted by molar-refractivity contribution is 5.67. The zero-order valence-electron chi connectivity index (χ0n) is 12.1. The molecule has 0 aromatic rings. The molecule has 2 atom stereocenters. The van der Waals surface area contributed by atoms with Gasteiger partial charge in [0.05, 0.1) is 5.60 Å². The van der Waals surface area contributed by atoms with Gasteiger partial charge >= 0.3 is 5.97 Å². The van der Waals surface area contributed by atoms with Crippen molar-refractivity contribution in [3.05, 3.63) is 0 Å². The average Bonchev–Trinajstić information content (AvgIpc) is 2.61. The minimum Gasteiger partial charge on any atom is -0.481 e. The van der Waals surface area contributed by atoms with Crippen LogP contribution in [0.3, 0.4) is 0 Å². The van der Waals surface area contributed by atoms with Crippen LogP contribution < -0.4 is 0 Å². The molecular formula is C15H27NO3. The first kappa shape index (κ1) is 14.8. The van der Waals surface area contributed by atoms with Crippen LogP contribution >= 0.6 is 0 Å². The van der Waals surface area contributed by atoms with E-state index in [1.54, 1.807) is 0 Å². The molecule has 0 aromatic heterocycles. The van der Waals surface area contributed by atoms with Crippen LogP contribution in [0.1, 0.15) is 58.8 Å². The maximum atomic E-state index is 10.9. The Bertz CT molecular complexity index is 313. The van der Waals surface area contributed by atoms with Crippen LogP contribution in [0.25, 0.3) is 0 Å². The number of aliphatic hydroxyl groups is 1. The Morgan fingerprint density at radius 1 is 1.21 bits per heavy atom. The van der Waals surface area contributed by atoms with Crippen LogP contribution in [0.4, 0.5) is 0 Å².